The number of carbonyl (C=O) groups excluding carboxylic acids is 1. The van der Waals surface area contributed by atoms with Crippen LogP contribution in [0.3, 0.4) is 0 Å². The van der Waals surface area contributed by atoms with Gasteiger partial charge in [0, 0.05) is 25.0 Å². The first-order chi connectivity index (χ1) is 17.1. The Morgan fingerprint density at radius 1 is 0.971 bits per heavy atom. The zero-order valence-electron chi connectivity index (χ0n) is 22.1. The summed E-state index contributed by atoms with van der Waals surface area (Å²) in [5.41, 5.74) is 1.11. The average molecular weight is 486 g/mol. The van der Waals surface area contributed by atoms with Gasteiger partial charge in [0.25, 0.3) is 0 Å². The molecule has 1 aromatic carbocycles. The number of nitrogens with one attached hydrogen (secondary N) is 1. The Morgan fingerprint density at radius 3 is 2.43 bits per heavy atom. The number of likely N-dealkylation sites (tertiary alicyclic amines) is 2. The zero-order chi connectivity index (χ0) is 24.5. The van der Waals surface area contributed by atoms with Gasteiger partial charge in [-0.15, -0.1) is 0 Å². The van der Waals surface area contributed by atoms with Crippen LogP contribution in [0.1, 0.15) is 76.7 Å². The van der Waals surface area contributed by atoms with Gasteiger partial charge in [-0.25, -0.2) is 0 Å². The second kappa shape index (κ2) is 13.5. The molecule has 1 saturated carbocycles. The minimum atomic E-state index is 0.160. The number of hydrogen-bond acceptors (Lipinski definition) is 5. The second-order valence-electron chi connectivity index (χ2n) is 11.0. The normalized spacial score (nSPS) is 24.7. The number of methoxy groups -OCH3 is 1. The monoisotopic (exact) mass is 485 g/mol. The summed E-state index contributed by atoms with van der Waals surface area (Å²) in [6.07, 6.45) is 12.6. The number of aryl methyl sites for hydroxylation is 1. The summed E-state index contributed by atoms with van der Waals surface area (Å²) in [5, 5.41) is 3.23. The number of carbonyl (C=O) groups is 1. The minimum Gasteiger partial charge on any atom is -0.493 e. The van der Waals surface area contributed by atoms with Gasteiger partial charge in [-0.2, -0.15) is 0 Å². The van der Waals surface area contributed by atoms with E-state index in [1.807, 2.05) is 12.1 Å². The summed E-state index contributed by atoms with van der Waals surface area (Å²) < 4.78 is 11.7. The lowest BCUT2D eigenvalue weighted by molar-refractivity contribution is -0.122. The van der Waals surface area contributed by atoms with Crippen molar-refractivity contribution < 1.29 is 14.3 Å². The number of rotatable bonds is 10. The second-order valence-corrected chi connectivity index (χ2v) is 11.0. The zero-order valence-corrected chi connectivity index (χ0v) is 22.1. The highest BCUT2D eigenvalue weighted by atomic mass is 16.5. The number of nitrogens with zero attached hydrogens (tertiary/aromatic N) is 2. The van der Waals surface area contributed by atoms with Crippen LogP contribution in [0.2, 0.25) is 0 Å². The van der Waals surface area contributed by atoms with Gasteiger partial charge in [-0.1, -0.05) is 19.4 Å². The first-order valence-electron chi connectivity index (χ1n) is 14.2. The van der Waals surface area contributed by atoms with E-state index in [1.165, 1.54) is 71.1 Å². The molecule has 2 aliphatic heterocycles. The topological polar surface area (TPSA) is 54.0 Å². The highest BCUT2D eigenvalue weighted by molar-refractivity contribution is 5.76. The van der Waals surface area contributed by atoms with Crippen LogP contribution >= 0.6 is 0 Å². The summed E-state index contributed by atoms with van der Waals surface area (Å²) >= 11 is 0. The Hall–Kier alpha value is -1.79. The number of piperidine rings is 2. The molecule has 0 bridgehead atoms. The van der Waals surface area contributed by atoms with E-state index in [0.29, 0.717) is 19.1 Å². The molecule has 0 unspecified atom stereocenters. The molecule has 0 spiro atoms. The number of ether oxygens (including phenoxy) is 2. The van der Waals surface area contributed by atoms with Gasteiger partial charge in [-0.05, 0) is 108 Å². The largest absolute Gasteiger partial charge is 0.493 e. The van der Waals surface area contributed by atoms with E-state index in [9.17, 15) is 4.79 Å². The fraction of sp³-hybridized carbons (Fsp3) is 0.759. The first-order valence-corrected chi connectivity index (χ1v) is 14.2. The maximum Gasteiger partial charge on any atom is 0.220 e. The molecule has 6 nitrogen and oxygen atoms in total. The average Bonchev–Trinajstić information content (AvgIpc) is 2.90. The molecule has 196 valence electrons. The number of hydrogen-bond donors (Lipinski definition) is 1. The van der Waals surface area contributed by atoms with Crippen LogP contribution in [0.5, 0.6) is 11.5 Å². The standard InChI is InChI=1S/C29H47N3O3/c1-23-6-10-25(11-7-23)30-29(33)13-9-24-8-12-27(28(22-24)34-2)35-21-20-31-18-14-26(15-19-31)32-16-4-3-5-17-32/h8,12,22-23,25-26H,3-7,9-11,13-21H2,1-2H3,(H,30,33)/t23-,25-. The van der Waals surface area contributed by atoms with E-state index in [0.717, 1.165) is 54.8 Å². The Kier molecular flexibility index (Phi) is 10.1. The molecule has 6 heteroatoms. The van der Waals surface area contributed by atoms with Gasteiger partial charge in [0.15, 0.2) is 11.5 Å². The smallest absolute Gasteiger partial charge is 0.220 e. The molecular formula is C29H47N3O3. The van der Waals surface area contributed by atoms with E-state index in [4.69, 9.17) is 9.47 Å². The van der Waals surface area contributed by atoms with Crippen LogP contribution in [-0.4, -0.2) is 74.2 Å². The molecule has 35 heavy (non-hydrogen) atoms. The third kappa shape index (κ3) is 8.11. The van der Waals surface area contributed by atoms with E-state index in [-0.39, 0.29) is 5.91 Å². The van der Waals surface area contributed by atoms with Crippen molar-refractivity contribution in [1.29, 1.82) is 0 Å². The molecule has 3 aliphatic rings. The molecule has 1 amide bonds. The van der Waals surface area contributed by atoms with Gasteiger partial charge < -0.3 is 19.7 Å². The van der Waals surface area contributed by atoms with Crippen LogP contribution in [-0.2, 0) is 11.2 Å². The predicted octanol–water partition coefficient (Wildman–Crippen LogP) is 4.65. The highest BCUT2D eigenvalue weighted by Crippen LogP contribution is 2.29. The van der Waals surface area contributed by atoms with Crippen LogP contribution in [0.4, 0.5) is 0 Å². The summed E-state index contributed by atoms with van der Waals surface area (Å²) in [6, 6.07) is 7.23. The highest BCUT2D eigenvalue weighted by Gasteiger charge is 2.25. The van der Waals surface area contributed by atoms with E-state index in [1.54, 1.807) is 7.11 Å². The Bertz CT molecular complexity index is 779. The van der Waals surface area contributed by atoms with E-state index < -0.39 is 0 Å². The van der Waals surface area contributed by atoms with Crippen molar-refractivity contribution in [3.63, 3.8) is 0 Å². The van der Waals surface area contributed by atoms with Crippen LogP contribution in [0.25, 0.3) is 0 Å². The Morgan fingerprint density at radius 2 is 1.71 bits per heavy atom. The van der Waals surface area contributed by atoms with E-state index >= 15 is 0 Å². The van der Waals surface area contributed by atoms with Gasteiger partial charge in [0.1, 0.15) is 6.61 Å². The molecule has 0 radical (unpaired) electrons. The lowest BCUT2D eigenvalue weighted by atomic mass is 9.87. The van der Waals surface area contributed by atoms with Gasteiger partial charge in [0.05, 0.1) is 7.11 Å². The van der Waals surface area contributed by atoms with Crippen molar-refractivity contribution in [3.8, 4) is 11.5 Å². The van der Waals surface area contributed by atoms with E-state index in [2.05, 4.69) is 28.1 Å². The molecule has 4 rings (SSSR count). The van der Waals surface area contributed by atoms with Crippen molar-refractivity contribution in [2.45, 2.75) is 89.6 Å². The molecule has 0 aromatic heterocycles. The van der Waals surface area contributed by atoms with Gasteiger partial charge >= 0.3 is 0 Å². The van der Waals surface area contributed by atoms with Crippen molar-refractivity contribution in [3.05, 3.63) is 23.8 Å². The molecule has 2 saturated heterocycles. The predicted molar refractivity (Wildman–Crippen MR) is 141 cm³/mol. The molecule has 1 N–H and O–H groups in total. The Balaban J connectivity index is 1.15. The van der Waals surface area contributed by atoms with Crippen molar-refractivity contribution in [2.75, 3.05) is 46.4 Å². The number of benzene rings is 1. The van der Waals surface area contributed by atoms with Gasteiger partial charge in [-0.3, -0.25) is 9.69 Å². The fourth-order valence-electron chi connectivity index (χ4n) is 6.03. The molecule has 3 fully saturated rings. The SMILES string of the molecule is COc1cc(CCC(=O)N[C@H]2CC[C@H](C)CC2)ccc1OCCN1CCC(N2CCCCC2)CC1. The molecule has 1 aliphatic carbocycles. The lowest BCUT2D eigenvalue weighted by Gasteiger charge is -2.40. The lowest BCUT2D eigenvalue weighted by Crippen LogP contribution is -2.47. The first kappa shape index (κ1) is 26.3. The van der Waals surface area contributed by atoms with Crippen LogP contribution < -0.4 is 14.8 Å². The third-order valence-corrected chi connectivity index (χ3v) is 8.38. The molecule has 1 aromatic rings. The fourth-order valence-corrected chi connectivity index (χ4v) is 6.03. The quantitative estimate of drug-likeness (QED) is 0.523. The van der Waals surface area contributed by atoms with Crippen LogP contribution in [0, 0.1) is 5.92 Å². The minimum absolute atomic E-state index is 0.160. The number of amides is 1. The Labute approximate surface area is 212 Å². The van der Waals surface area contributed by atoms with Crippen molar-refractivity contribution >= 4 is 5.91 Å². The third-order valence-electron chi connectivity index (χ3n) is 8.38. The van der Waals surface area contributed by atoms with Crippen molar-refractivity contribution in [2.24, 2.45) is 5.92 Å². The molecule has 2 heterocycles. The summed E-state index contributed by atoms with van der Waals surface area (Å²) in [7, 11) is 1.69. The van der Waals surface area contributed by atoms with Crippen molar-refractivity contribution in [1.82, 2.24) is 15.1 Å². The summed E-state index contributed by atoms with van der Waals surface area (Å²) in [5.74, 6) is 2.51. The van der Waals surface area contributed by atoms with Crippen LogP contribution in [0.15, 0.2) is 18.2 Å². The summed E-state index contributed by atoms with van der Waals surface area (Å²) in [4.78, 5) is 17.7. The molecule has 0 atom stereocenters. The maximum absolute atomic E-state index is 12.4. The molecular weight excluding hydrogens is 438 g/mol. The summed E-state index contributed by atoms with van der Waals surface area (Å²) in [6.45, 7) is 8.87. The van der Waals surface area contributed by atoms with Gasteiger partial charge in [0.2, 0.25) is 5.91 Å². The maximum atomic E-state index is 12.4.